The molecule has 1 N–H and O–H groups in total. The first-order chi connectivity index (χ1) is 5.93. The van der Waals surface area contributed by atoms with Crippen LogP contribution in [0.2, 0.25) is 0 Å². The summed E-state index contributed by atoms with van der Waals surface area (Å²) in [5.74, 6) is -0.768. The van der Waals surface area contributed by atoms with Gasteiger partial charge in [0.15, 0.2) is 0 Å². The van der Waals surface area contributed by atoms with E-state index in [-0.39, 0.29) is 17.3 Å². The number of rotatable bonds is 1. The van der Waals surface area contributed by atoms with E-state index in [2.05, 4.69) is 20.8 Å². The van der Waals surface area contributed by atoms with Crippen LogP contribution in [0.1, 0.15) is 27.2 Å². The summed E-state index contributed by atoms with van der Waals surface area (Å²) in [5, 5.41) is 9.02. The lowest BCUT2D eigenvalue weighted by Crippen LogP contribution is -2.40. The predicted molar refractivity (Wildman–Crippen MR) is 49.5 cm³/mol. The van der Waals surface area contributed by atoms with E-state index >= 15 is 0 Å². The Bertz CT molecular complexity index is 193. The van der Waals surface area contributed by atoms with E-state index in [9.17, 15) is 4.79 Å². The lowest BCUT2D eigenvalue weighted by molar-refractivity contribution is -0.152. The summed E-state index contributed by atoms with van der Waals surface area (Å²) in [6.45, 7) is 7.39. The van der Waals surface area contributed by atoms with Crippen molar-refractivity contribution in [2.45, 2.75) is 27.2 Å². The van der Waals surface area contributed by atoms with E-state index in [0.717, 1.165) is 0 Å². The van der Waals surface area contributed by atoms with Gasteiger partial charge in [-0.25, -0.2) is 0 Å². The van der Waals surface area contributed by atoms with E-state index < -0.39 is 5.97 Å². The molecule has 0 amide bonds. The maximum absolute atomic E-state index is 11.0. The van der Waals surface area contributed by atoms with E-state index in [1.54, 1.807) is 0 Å². The highest BCUT2D eigenvalue weighted by atomic mass is 16.5. The van der Waals surface area contributed by atoms with Crippen LogP contribution in [0, 0.1) is 17.3 Å². The second kappa shape index (κ2) is 3.66. The minimum atomic E-state index is -0.678. The molecule has 1 fully saturated rings. The quantitative estimate of drug-likeness (QED) is 0.679. The summed E-state index contributed by atoms with van der Waals surface area (Å²) < 4.78 is 5.33. The molecule has 1 aliphatic rings. The van der Waals surface area contributed by atoms with Gasteiger partial charge in [-0.15, -0.1) is 0 Å². The maximum Gasteiger partial charge on any atom is 0.306 e. The molecule has 2 unspecified atom stereocenters. The lowest BCUT2D eigenvalue weighted by Gasteiger charge is -2.38. The molecule has 2 atom stereocenters. The predicted octanol–water partition coefficient (Wildman–Crippen LogP) is 1.77. The summed E-state index contributed by atoms with van der Waals surface area (Å²) in [6, 6.07) is 0. The van der Waals surface area contributed by atoms with Gasteiger partial charge in [0, 0.05) is 12.5 Å². The Morgan fingerprint density at radius 2 is 2.08 bits per heavy atom. The summed E-state index contributed by atoms with van der Waals surface area (Å²) in [4.78, 5) is 11.0. The third kappa shape index (κ3) is 2.44. The van der Waals surface area contributed by atoms with Crippen LogP contribution in [0.25, 0.3) is 0 Å². The lowest BCUT2D eigenvalue weighted by atomic mass is 9.71. The Kier molecular flexibility index (Phi) is 2.96. The Morgan fingerprint density at radius 3 is 2.46 bits per heavy atom. The molecule has 0 aliphatic carbocycles. The number of ether oxygens (including phenoxy) is 1. The molecule has 3 heteroatoms. The molecule has 1 rings (SSSR count). The first-order valence-corrected chi connectivity index (χ1v) is 4.73. The van der Waals surface area contributed by atoms with Gasteiger partial charge in [-0.1, -0.05) is 20.8 Å². The molecule has 0 saturated carbocycles. The van der Waals surface area contributed by atoms with E-state index in [4.69, 9.17) is 9.84 Å². The number of carboxylic acid groups (broad SMARTS) is 1. The minimum absolute atomic E-state index is 0.0173. The van der Waals surface area contributed by atoms with Gasteiger partial charge < -0.3 is 9.84 Å². The maximum atomic E-state index is 11.0. The van der Waals surface area contributed by atoms with Gasteiger partial charge in [0.2, 0.25) is 0 Å². The average Bonchev–Trinajstić information content (AvgIpc) is 2.03. The minimum Gasteiger partial charge on any atom is -0.481 e. The number of aliphatic carboxylic acids is 1. The van der Waals surface area contributed by atoms with Gasteiger partial charge in [-0.05, 0) is 11.8 Å². The van der Waals surface area contributed by atoms with Gasteiger partial charge >= 0.3 is 5.97 Å². The summed E-state index contributed by atoms with van der Waals surface area (Å²) >= 11 is 0. The fourth-order valence-electron chi connectivity index (χ4n) is 1.89. The van der Waals surface area contributed by atoms with E-state index in [0.29, 0.717) is 19.6 Å². The van der Waals surface area contributed by atoms with Crippen molar-refractivity contribution in [1.82, 2.24) is 0 Å². The second-order valence-electron chi connectivity index (χ2n) is 4.78. The molecule has 1 saturated heterocycles. The topological polar surface area (TPSA) is 46.5 Å². The normalized spacial score (nSPS) is 30.1. The molecular weight excluding hydrogens is 168 g/mol. The van der Waals surface area contributed by atoms with Crippen molar-refractivity contribution in [3.8, 4) is 0 Å². The molecule has 13 heavy (non-hydrogen) atoms. The van der Waals surface area contributed by atoms with Gasteiger partial charge in [-0.2, -0.15) is 0 Å². The van der Waals surface area contributed by atoms with Crippen molar-refractivity contribution >= 4 is 5.97 Å². The molecule has 3 nitrogen and oxygen atoms in total. The van der Waals surface area contributed by atoms with Crippen LogP contribution >= 0.6 is 0 Å². The molecule has 0 aromatic heterocycles. The Hall–Kier alpha value is -0.570. The van der Waals surface area contributed by atoms with Crippen LogP contribution in [-0.2, 0) is 9.53 Å². The molecule has 0 aromatic carbocycles. The largest absolute Gasteiger partial charge is 0.481 e. The fraction of sp³-hybridized carbons (Fsp3) is 0.900. The molecule has 0 bridgehead atoms. The zero-order valence-corrected chi connectivity index (χ0v) is 8.54. The zero-order chi connectivity index (χ0) is 10.1. The van der Waals surface area contributed by atoms with Crippen molar-refractivity contribution in [2.24, 2.45) is 17.3 Å². The summed E-state index contributed by atoms with van der Waals surface area (Å²) in [7, 11) is 0. The van der Waals surface area contributed by atoms with Crippen molar-refractivity contribution in [2.75, 3.05) is 13.2 Å². The molecule has 76 valence electrons. The fourth-order valence-corrected chi connectivity index (χ4v) is 1.89. The Balaban J connectivity index is 2.73. The van der Waals surface area contributed by atoms with Crippen LogP contribution < -0.4 is 0 Å². The van der Waals surface area contributed by atoms with Gasteiger partial charge in [-0.3, -0.25) is 4.79 Å². The number of carbonyl (C=O) groups is 1. The number of hydrogen-bond acceptors (Lipinski definition) is 2. The van der Waals surface area contributed by atoms with Crippen LogP contribution in [-0.4, -0.2) is 24.3 Å². The zero-order valence-electron chi connectivity index (χ0n) is 8.54. The Morgan fingerprint density at radius 1 is 1.46 bits per heavy atom. The third-order valence-corrected chi connectivity index (χ3v) is 2.79. The molecular formula is C10H18O3. The molecule has 0 spiro atoms. The monoisotopic (exact) mass is 186 g/mol. The second-order valence-corrected chi connectivity index (χ2v) is 4.78. The van der Waals surface area contributed by atoms with Crippen molar-refractivity contribution in [1.29, 1.82) is 0 Å². The van der Waals surface area contributed by atoms with E-state index in [1.165, 1.54) is 0 Å². The summed E-state index contributed by atoms with van der Waals surface area (Å²) in [6.07, 6.45) is 0.650. The van der Waals surface area contributed by atoms with Crippen LogP contribution in [0.3, 0.4) is 0 Å². The number of hydrogen-bond donors (Lipinski definition) is 1. The smallest absolute Gasteiger partial charge is 0.306 e. The van der Waals surface area contributed by atoms with Crippen molar-refractivity contribution < 1.29 is 14.6 Å². The number of carboxylic acids is 1. The molecule has 0 radical (unpaired) electrons. The molecule has 1 aliphatic heterocycles. The average molecular weight is 186 g/mol. The van der Waals surface area contributed by atoms with Crippen LogP contribution in [0.5, 0.6) is 0 Å². The molecule has 0 aromatic rings. The first kappa shape index (κ1) is 10.5. The molecule has 1 heterocycles. The van der Waals surface area contributed by atoms with Gasteiger partial charge in [0.05, 0.1) is 12.5 Å². The SMILES string of the molecule is CC(C)(C)C1COCCC1C(=O)O. The van der Waals surface area contributed by atoms with Gasteiger partial charge in [0.25, 0.3) is 0 Å². The van der Waals surface area contributed by atoms with Crippen molar-refractivity contribution in [3.63, 3.8) is 0 Å². The highest BCUT2D eigenvalue weighted by Gasteiger charge is 2.38. The standard InChI is InChI=1S/C10H18O3/c1-10(2,3)8-6-13-5-4-7(8)9(11)12/h7-8H,4-6H2,1-3H3,(H,11,12). The van der Waals surface area contributed by atoms with Crippen molar-refractivity contribution in [3.05, 3.63) is 0 Å². The van der Waals surface area contributed by atoms with E-state index in [1.807, 2.05) is 0 Å². The third-order valence-electron chi connectivity index (χ3n) is 2.79. The van der Waals surface area contributed by atoms with Crippen LogP contribution in [0.4, 0.5) is 0 Å². The Labute approximate surface area is 79.1 Å². The highest BCUT2D eigenvalue weighted by Crippen LogP contribution is 2.36. The van der Waals surface area contributed by atoms with Crippen LogP contribution in [0.15, 0.2) is 0 Å². The first-order valence-electron chi connectivity index (χ1n) is 4.73. The summed E-state index contributed by atoms with van der Waals surface area (Å²) in [5.41, 5.74) is 0.0173. The highest BCUT2D eigenvalue weighted by molar-refractivity contribution is 5.70. The van der Waals surface area contributed by atoms with Gasteiger partial charge in [0.1, 0.15) is 0 Å².